The number of para-hydroxylation sites is 1. The number of aromatic nitrogens is 1. The fraction of sp³-hybridized carbons (Fsp3) is 0.476. The number of unbranched alkanes of at least 4 members (excludes halogenated alkanes) is 1. The number of hydrogen-bond acceptors (Lipinski definition) is 18. The molecule has 5 N–H and O–H groups in total. The number of nitrogens with two attached hydrogens (primary N) is 1. The first kappa shape index (κ1) is 69.3. The average molecular weight is 1240 g/mol. The van der Waals surface area contributed by atoms with E-state index in [9.17, 15) is 28.0 Å². The number of likely N-dealkylation sites (N-methyl/N-ethyl adjacent to an activating group) is 2. The van der Waals surface area contributed by atoms with E-state index in [0.29, 0.717) is 113 Å². The lowest BCUT2D eigenvalue weighted by Crippen LogP contribution is -2.45. The average Bonchev–Trinajstić information content (AvgIpc) is 1.81. The van der Waals surface area contributed by atoms with Crippen LogP contribution in [0.2, 0.25) is 0 Å². The summed E-state index contributed by atoms with van der Waals surface area (Å²) in [4.78, 5) is 66.9. The Bertz CT molecular complexity index is 2900. The third-order valence-electron chi connectivity index (χ3n) is 14.0. The number of carbonyl (C=O) groups is 4. The monoisotopic (exact) mass is 1240 g/mol. The molecule has 1 aromatic heterocycles. The van der Waals surface area contributed by atoms with Gasteiger partial charge in [-0.15, -0.1) is 20.1 Å². The number of nitrogens with one attached hydrogen (secondary N) is 3. The molecule has 1 saturated carbocycles. The third kappa shape index (κ3) is 24.8. The summed E-state index contributed by atoms with van der Waals surface area (Å²) in [6.45, 7) is 19.1. The van der Waals surface area contributed by atoms with Crippen LogP contribution in [-0.2, 0) is 41.4 Å². The van der Waals surface area contributed by atoms with Crippen LogP contribution in [0.1, 0.15) is 68.3 Å². The van der Waals surface area contributed by atoms with Gasteiger partial charge in [0, 0.05) is 81.0 Å². The lowest BCUT2D eigenvalue weighted by atomic mass is 10.0. The van der Waals surface area contributed by atoms with Crippen molar-refractivity contribution in [2.75, 3.05) is 130 Å². The van der Waals surface area contributed by atoms with Crippen LogP contribution >= 0.6 is 11.3 Å². The zero-order valence-electron chi connectivity index (χ0n) is 50.7. The normalized spacial score (nSPS) is 15.0. The number of alkyl halides is 2. The van der Waals surface area contributed by atoms with E-state index in [-0.39, 0.29) is 48.0 Å². The van der Waals surface area contributed by atoms with Crippen LogP contribution in [0.3, 0.4) is 0 Å². The van der Waals surface area contributed by atoms with Crippen molar-refractivity contribution in [2.24, 2.45) is 15.9 Å². The number of ether oxygens (including phenoxy) is 7. The largest absolute Gasteiger partial charge is 0.586 e. The Balaban J connectivity index is 0.00000126. The molecule has 3 aliphatic rings. The molecule has 1 unspecified atom stereocenters. The summed E-state index contributed by atoms with van der Waals surface area (Å²) < 4.78 is 67.0. The van der Waals surface area contributed by atoms with Gasteiger partial charge < -0.3 is 69.2 Å². The molecule has 0 radical (unpaired) electrons. The van der Waals surface area contributed by atoms with Gasteiger partial charge in [-0.05, 0) is 113 Å². The highest BCUT2D eigenvalue weighted by Gasteiger charge is 2.48. The number of nitrogens with zero attached hydrogens (tertiary/aromatic N) is 7. The Morgan fingerprint density at radius 1 is 0.875 bits per heavy atom. The number of hydrogen-bond donors (Lipinski definition) is 4. The van der Waals surface area contributed by atoms with Gasteiger partial charge in [0.25, 0.3) is 0 Å². The highest BCUT2D eigenvalue weighted by molar-refractivity contribution is 7.13. The van der Waals surface area contributed by atoms with Crippen LogP contribution in [0, 0.1) is 0 Å². The molecule has 3 aromatic carbocycles. The third-order valence-corrected chi connectivity index (χ3v) is 14.8. The lowest BCUT2D eigenvalue weighted by Gasteiger charge is -2.32. The maximum absolute atomic E-state index is 14.3. The molecule has 2 fully saturated rings. The molecule has 0 spiro atoms. The van der Waals surface area contributed by atoms with Crippen molar-refractivity contribution in [2.45, 2.75) is 76.7 Å². The zero-order valence-corrected chi connectivity index (χ0v) is 51.5. The fourth-order valence-corrected chi connectivity index (χ4v) is 9.71. The number of urea groups is 1. The lowest BCUT2D eigenvalue weighted by molar-refractivity contribution is -0.287. The second-order valence-electron chi connectivity index (χ2n) is 20.8. The predicted octanol–water partition coefficient (Wildman–Crippen LogP) is 8.14. The number of rotatable bonds is 38. The van der Waals surface area contributed by atoms with Crippen molar-refractivity contribution in [3.63, 3.8) is 0 Å². The molecule has 3 heterocycles. The number of aryl methyl sites for hydroxylation is 2. The molecule has 7 rings (SSSR count). The molecule has 25 heteroatoms. The zero-order chi connectivity index (χ0) is 62.9. The van der Waals surface area contributed by atoms with E-state index in [4.69, 9.17) is 39.0 Å². The van der Waals surface area contributed by atoms with Crippen molar-refractivity contribution in [1.29, 1.82) is 0 Å². The second kappa shape index (κ2) is 37.8. The minimum atomic E-state index is -3.91. The number of anilines is 2. The van der Waals surface area contributed by atoms with E-state index in [1.165, 1.54) is 34.4 Å². The van der Waals surface area contributed by atoms with Crippen LogP contribution < -0.4 is 40.7 Å². The van der Waals surface area contributed by atoms with Gasteiger partial charge in [0.15, 0.2) is 16.6 Å². The molecule has 1 atom stereocenters. The molecular formula is C63H85F2N11O11S. The van der Waals surface area contributed by atoms with Crippen molar-refractivity contribution in [3.8, 4) is 23.0 Å². The first-order valence-corrected chi connectivity index (χ1v) is 30.5. The number of halogens is 2. The fourth-order valence-electron chi connectivity index (χ4n) is 8.93. The highest BCUT2D eigenvalue weighted by atomic mass is 32.1. The Morgan fingerprint density at radius 3 is 2.26 bits per heavy atom. The number of piperazine rings is 1. The van der Waals surface area contributed by atoms with E-state index in [2.05, 4.69) is 68.1 Å². The van der Waals surface area contributed by atoms with Gasteiger partial charge in [0.05, 0.1) is 64.2 Å². The van der Waals surface area contributed by atoms with Crippen LogP contribution in [0.25, 0.3) is 0 Å². The Kier molecular flexibility index (Phi) is 29.8. The van der Waals surface area contributed by atoms with Crippen LogP contribution in [0.5, 0.6) is 23.0 Å². The molecular weight excluding hydrogens is 1160 g/mol. The first-order valence-electron chi connectivity index (χ1n) is 29.7. The summed E-state index contributed by atoms with van der Waals surface area (Å²) in [7, 11) is 4.12. The second-order valence-corrected chi connectivity index (χ2v) is 21.7. The molecule has 1 saturated heterocycles. The van der Waals surface area contributed by atoms with Crippen LogP contribution in [-0.4, -0.2) is 192 Å². The van der Waals surface area contributed by atoms with Gasteiger partial charge in [-0.3, -0.25) is 24.7 Å². The van der Waals surface area contributed by atoms with E-state index < -0.39 is 18.2 Å². The van der Waals surface area contributed by atoms with E-state index in [0.717, 1.165) is 81.9 Å². The summed E-state index contributed by atoms with van der Waals surface area (Å²) >= 11 is 1.39. The molecule has 2 aliphatic heterocycles. The van der Waals surface area contributed by atoms with Gasteiger partial charge in [-0.1, -0.05) is 62.6 Å². The molecule has 88 heavy (non-hydrogen) atoms. The van der Waals surface area contributed by atoms with Gasteiger partial charge in [-0.2, -0.15) is 5.10 Å². The SMILES string of the molecule is C=C/C=C(\C=C)CNC(=O)C(c1cccc2c1OC(F)(F)O2)N(C(=O)CCc1ccc(OCCCCN(C)CCOCCOCC/C(C=NCCOCCOc2ccc(NC(=O)Nc3nc(CC)cs3)cc2)=N/N)cc1)C1CC1.CN1CCN(C=O)CC1. The van der Waals surface area contributed by atoms with Crippen LogP contribution in [0.4, 0.5) is 24.4 Å². The molecule has 5 amide bonds. The summed E-state index contributed by atoms with van der Waals surface area (Å²) in [6.07, 6.45) is 8.43. The number of aliphatic imine (C=N–C) groups is 1. The molecule has 478 valence electrons. The van der Waals surface area contributed by atoms with Crippen molar-refractivity contribution < 1.29 is 61.1 Å². The van der Waals surface area contributed by atoms with E-state index >= 15 is 0 Å². The highest BCUT2D eigenvalue weighted by Crippen LogP contribution is 2.48. The number of thiazole rings is 1. The minimum Gasteiger partial charge on any atom is -0.494 e. The number of carbonyl (C=O) groups excluding carboxylic acids is 4. The van der Waals surface area contributed by atoms with Gasteiger partial charge in [0.1, 0.15) is 24.1 Å². The summed E-state index contributed by atoms with van der Waals surface area (Å²) in [6, 6.07) is 17.1. The molecule has 1 aliphatic carbocycles. The minimum absolute atomic E-state index is 0.0868. The predicted molar refractivity (Wildman–Crippen MR) is 337 cm³/mol. The van der Waals surface area contributed by atoms with Crippen molar-refractivity contribution >= 4 is 58.3 Å². The quantitative estimate of drug-likeness (QED) is 0.00826. The van der Waals surface area contributed by atoms with Crippen LogP contribution in [0.15, 0.2) is 119 Å². The Morgan fingerprint density at radius 2 is 1.58 bits per heavy atom. The number of amides is 5. The Labute approximate surface area is 518 Å². The van der Waals surface area contributed by atoms with Crippen molar-refractivity contribution in [1.82, 2.24) is 29.9 Å². The van der Waals surface area contributed by atoms with Gasteiger partial charge in [0.2, 0.25) is 18.2 Å². The summed E-state index contributed by atoms with van der Waals surface area (Å²) in [5.74, 6) is 5.61. The summed E-state index contributed by atoms with van der Waals surface area (Å²) in [5.41, 5.74) is 3.88. The molecule has 22 nitrogen and oxygen atoms in total. The Hall–Kier alpha value is -7.81. The van der Waals surface area contributed by atoms with E-state index in [1.807, 2.05) is 36.6 Å². The summed E-state index contributed by atoms with van der Waals surface area (Å²) in [5, 5.41) is 14.6. The van der Waals surface area contributed by atoms with Gasteiger partial charge in [-0.25, -0.2) is 9.78 Å². The topological polar surface area (TPSA) is 246 Å². The smallest absolute Gasteiger partial charge is 0.494 e. The molecule has 0 bridgehead atoms. The number of fused-ring (bicyclic) bond motifs is 1. The van der Waals surface area contributed by atoms with Gasteiger partial charge >= 0.3 is 12.3 Å². The number of hydrazone groups is 1. The van der Waals surface area contributed by atoms with Crippen molar-refractivity contribution in [3.05, 3.63) is 126 Å². The maximum Gasteiger partial charge on any atom is 0.586 e. The molecule has 4 aromatic rings. The number of benzene rings is 3. The number of allylic oxidation sites excluding steroid dienone is 2. The van der Waals surface area contributed by atoms with E-state index in [1.54, 1.807) is 53.6 Å². The first-order chi connectivity index (χ1) is 42.7. The maximum atomic E-state index is 14.3. The standard InChI is InChI=1S/C57H73F2N9O10S.C6H12N2O/c1-5-11-41(6-2)38-62-54(70)52(49-12-10-13-50-53(49)78-57(58,59)77-50)68(46-19-20-46)51(69)25-16-42-14-21-47(22-15-42)75-30-9-8-28-67(4)29-33-74-35-34-72-31-26-45(66-60)39-61-27-32-73-36-37-76-48-23-17-44(18-24-48)63-55(71)65-56-64-43(7-3)40-79-56;1-7-2-4-8(6-9)5-3-7/h5-6,10-15,17-18,21-24,39-40,46,52H,1-2,7-9,16,19-20,25-38,60H2,3-4H3,(H,62,70)(H2,63,64,65,71);6H,2-5H2,1H3/b41-11+,61-39?,66-45-;.